The summed E-state index contributed by atoms with van der Waals surface area (Å²) in [4.78, 5) is 4.10. The van der Waals surface area contributed by atoms with E-state index in [1.165, 1.54) is 11.6 Å². The largest absolute Gasteiger partial charge is 0.309 e. The van der Waals surface area contributed by atoms with Crippen LogP contribution in [0.3, 0.4) is 0 Å². The van der Waals surface area contributed by atoms with Crippen molar-refractivity contribution in [2.75, 3.05) is 7.05 Å². The predicted molar refractivity (Wildman–Crippen MR) is 71.0 cm³/mol. The standard InChI is InChI=1S/C15H17FN2/c1-10-8-12(4-5-14(10)16)15(17-3)13-6-7-18-9-11(13)2/h4-9,15,17H,1-3H3. The van der Waals surface area contributed by atoms with Crippen LogP contribution in [0.4, 0.5) is 4.39 Å². The number of benzene rings is 1. The van der Waals surface area contributed by atoms with Gasteiger partial charge in [-0.2, -0.15) is 0 Å². The van der Waals surface area contributed by atoms with E-state index in [0.717, 1.165) is 11.1 Å². The van der Waals surface area contributed by atoms with Gasteiger partial charge < -0.3 is 5.32 Å². The maximum Gasteiger partial charge on any atom is 0.126 e. The van der Waals surface area contributed by atoms with Crippen LogP contribution in [0.2, 0.25) is 0 Å². The normalized spacial score (nSPS) is 12.4. The van der Waals surface area contributed by atoms with Gasteiger partial charge in [-0.25, -0.2) is 4.39 Å². The molecule has 0 fully saturated rings. The Bertz CT molecular complexity index is 552. The van der Waals surface area contributed by atoms with Gasteiger partial charge in [-0.15, -0.1) is 0 Å². The maximum atomic E-state index is 13.3. The molecule has 0 aliphatic rings. The summed E-state index contributed by atoms with van der Waals surface area (Å²) in [7, 11) is 1.91. The third-order valence-electron chi connectivity index (χ3n) is 3.18. The fourth-order valence-electron chi connectivity index (χ4n) is 2.16. The zero-order chi connectivity index (χ0) is 13.1. The molecule has 0 radical (unpaired) electrons. The summed E-state index contributed by atoms with van der Waals surface area (Å²) in [5.74, 6) is -0.167. The Morgan fingerprint density at radius 2 is 1.94 bits per heavy atom. The molecule has 0 bridgehead atoms. The van der Waals surface area contributed by atoms with Crippen molar-refractivity contribution < 1.29 is 4.39 Å². The van der Waals surface area contributed by atoms with Gasteiger partial charge in [0.05, 0.1) is 6.04 Å². The highest BCUT2D eigenvalue weighted by molar-refractivity contribution is 5.37. The van der Waals surface area contributed by atoms with Gasteiger partial charge >= 0.3 is 0 Å². The van der Waals surface area contributed by atoms with Crippen molar-refractivity contribution >= 4 is 0 Å². The number of rotatable bonds is 3. The van der Waals surface area contributed by atoms with Crippen molar-refractivity contribution in [1.29, 1.82) is 0 Å². The summed E-state index contributed by atoms with van der Waals surface area (Å²) in [5.41, 5.74) is 4.02. The number of halogens is 1. The molecule has 2 rings (SSSR count). The second kappa shape index (κ2) is 5.27. The molecule has 2 nitrogen and oxygen atoms in total. The van der Waals surface area contributed by atoms with E-state index in [-0.39, 0.29) is 11.9 Å². The Kier molecular flexibility index (Phi) is 3.72. The summed E-state index contributed by atoms with van der Waals surface area (Å²) in [6.45, 7) is 3.81. The zero-order valence-corrected chi connectivity index (χ0v) is 10.9. The smallest absolute Gasteiger partial charge is 0.126 e. The van der Waals surface area contributed by atoms with Crippen molar-refractivity contribution in [2.24, 2.45) is 0 Å². The van der Waals surface area contributed by atoms with Gasteiger partial charge in [0.25, 0.3) is 0 Å². The Hall–Kier alpha value is -1.74. The number of hydrogen-bond acceptors (Lipinski definition) is 2. The molecule has 0 saturated carbocycles. The Morgan fingerprint density at radius 1 is 1.17 bits per heavy atom. The number of pyridine rings is 1. The van der Waals surface area contributed by atoms with E-state index < -0.39 is 0 Å². The summed E-state index contributed by atoms with van der Waals surface area (Å²) in [6.07, 6.45) is 3.62. The van der Waals surface area contributed by atoms with Crippen molar-refractivity contribution in [3.63, 3.8) is 0 Å². The molecule has 0 aliphatic heterocycles. The van der Waals surface area contributed by atoms with Gasteiger partial charge in [0, 0.05) is 12.4 Å². The average molecular weight is 244 g/mol. The minimum absolute atomic E-state index is 0.0623. The highest BCUT2D eigenvalue weighted by Crippen LogP contribution is 2.25. The molecule has 94 valence electrons. The fourth-order valence-corrected chi connectivity index (χ4v) is 2.16. The monoisotopic (exact) mass is 244 g/mol. The lowest BCUT2D eigenvalue weighted by molar-refractivity contribution is 0.613. The van der Waals surface area contributed by atoms with Crippen molar-refractivity contribution in [3.05, 3.63) is 64.7 Å². The highest BCUT2D eigenvalue weighted by atomic mass is 19.1. The highest BCUT2D eigenvalue weighted by Gasteiger charge is 2.14. The SMILES string of the molecule is CNC(c1ccc(F)c(C)c1)c1ccncc1C. The van der Waals surface area contributed by atoms with Crippen LogP contribution in [0.1, 0.15) is 28.3 Å². The Balaban J connectivity index is 2.45. The number of nitrogens with one attached hydrogen (secondary N) is 1. The number of nitrogens with zero attached hydrogens (tertiary/aromatic N) is 1. The van der Waals surface area contributed by atoms with E-state index in [1.807, 2.05) is 38.4 Å². The Morgan fingerprint density at radius 3 is 2.56 bits per heavy atom. The molecule has 1 aromatic carbocycles. The lowest BCUT2D eigenvalue weighted by atomic mass is 9.95. The van der Waals surface area contributed by atoms with Crippen LogP contribution in [0, 0.1) is 19.7 Å². The molecule has 1 aromatic heterocycles. The lowest BCUT2D eigenvalue weighted by Gasteiger charge is -2.19. The van der Waals surface area contributed by atoms with Gasteiger partial charge in [-0.3, -0.25) is 4.98 Å². The van der Waals surface area contributed by atoms with Crippen LogP contribution >= 0.6 is 0 Å². The van der Waals surface area contributed by atoms with E-state index >= 15 is 0 Å². The summed E-state index contributed by atoms with van der Waals surface area (Å²) in [5, 5.41) is 3.27. The van der Waals surface area contributed by atoms with Gasteiger partial charge in [-0.05, 0) is 55.3 Å². The van der Waals surface area contributed by atoms with E-state index in [0.29, 0.717) is 5.56 Å². The minimum atomic E-state index is -0.167. The van der Waals surface area contributed by atoms with Crippen LogP contribution in [-0.4, -0.2) is 12.0 Å². The molecule has 0 saturated heterocycles. The summed E-state index contributed by atoms with van der Waals surface area (Å²) in [6, 6.07) is 7.28. The minimum Gasteiger partial charge on any atom is -0.309 e. The molecule has 0 spiro atoms. The van der Waals surface area contributed by atoms with Gasteiger partial charge in [-0.1, -0.05) is 12.1 Å². The van der Waals surface area contributed by atoms with Gasteiger partial charge in [0.1, 0.15) is 5.82 Å². The van der Waals surface area contributed by atoms with Crippen LogP contribution in [0.5, 0.6) is 0 Å². The first kappa shape index (κ1) is 12.7. The fraction of sp³-hybridized carbons (Fsp3) is 0.267. The molecule has 1 unspecified atom stereocenters. The molecule has 0 amide bonds. The topological polar surface area (TPSA) is 24.9 Å². The number of aromatic nitrogens is 1. The Labute approximate surface area is 107 Å². The molecule has 3 heteroatoms. The van der Waals surface area contributed by atoms with Crippen LogP contribution in [-0.2, 0) is 0 Å². The molecule has 2 aromatic rings. The second-order valence-electron chi connectivity index (χ2n) is 4.46. The van der Waals surface area contributed by atoms with Crippen molar-refractivity contribution in [3.8, 4) is 0 Å². The molecular formula is C15H17FN2. The maximum absolute atomic E-state index is 13.3. The number of aryl methyl sites for hydroxylation is 2. The summed E-state index contributed by atoms with van der Waals surface area (Å²) < 4.78 is 13.3. The lowest BCUT2D eigenvalue weighted by Crippen LogP contribution is -2.19. The number of hydrogen-bond donors (Lipinski definition) is 1. The molecule has 1 heterocycles. The van der Waals surface area contributed by atoms with Crippen LogP contribution < -0.4 is 5.32 Å². The van der Waals surface area contributed by atoms with Gasteiger partial charge in [0.15, 0.2) is 0 Å². The third-order valence-corrected chi connectivity index (χ3v) is 3.18. The van der Waals surface area contributed by atoms with E-state index in [9.17, 15) is 4.39 Å². The molecule has 1 atom stereocenters. The van der Waals surface area contributed by atoms with Gasteiger partial charge in [0.2, 0.25) is 0 Å². The first-order valence-corrected chi connectivity index (χ1v) is 5.97. The predicted octanol–water partition coefficient (Wildman–Crippen LogP) is 3.15. The third kappa shape index (κ3) is 2.41. The second-order valence-corrected chi connectivity index (χ2v) is 4.46. The summed E-state index contributed by atoms with van der Waals surface area (Å²) >= 11 is 0. The molecule has 0 aliphatic carbocycles. The molecule has 18 heavy (non-hydrogen) atoms. The molecular weight excluding hydrogens is 227 g/mol. The van der Waals surface area contributed by atoms with Crippen LogP contribution in [0.25, 0.3) is 0 Å². The van der Waals surface area contributed by atoms with Crippen molar-refractivity contribution in [1.82, 2.24) is 10.3 Å². The zero-order valence-electron chi connectivity index (χ0n) is 10.9. The first-order valence-electron chi connectivity index (χ1n) is 5.97. The van der Waals surface area contributed by atoms with E-state index in [2.05, 4.69) is 10.3 Å². The van der Waals surface area contributed by atoms with Crippen molar-refractivity contribution in [2.45, 2.75) is 19.9 Å². The quantitative estimate of drug-likeness (QED) is 0.897. The average Bonchev–Trinajstić information content (AvgIpc) is 2.37. The molecule has 1 N–H and O–H groups in total. The first-order chi connectivity index (χ1) is 8.63. The van der Waals surface area contributed by atoms with E-state index in [4.69, 9.17) is 0 Å². The van der Waals surface area contributed by atoms with E-state index in [1.54, 1.807) is 13.1 Å². The van der Waals surface area contributed by atoms with Crippen LogP contribution in [0.15, 0.2) is 36.7 Å².